The Labute approximate surface area is 126 Å². The molecule has 0 saturated carbocycles. The number of benzene rings is 1. The number of nitrogen functional groups attached to an aromatic ring is 1. The van der Waals surface area contributed by atoms with E-state index in [1.165, 1.54) is 19.4 Å². The van der Waals surface area contributed by atoms with E-state index in [1.807, 2.05) is 18.2 Å². The molecule has 1 saturated heterocycles. The number of rotatable bonds is 5. The fourth-order valence-electron chi connectivity index (χ4n) is 2.90. The van der Waals surface area contributed by atoms with E-state index in [-0.39, 0.29) is 5.84 Å². The summed E-state index contributed by atoms with van der Waals surface area (Å²) in [5.74, 6) is 0.0113. The lowest BCUT2D eigenvalue weighted by Gasteiger charge is -2.29. The highest BCUT2D eigenvalue weighted by molar-refractivity contribution is 6.34. The highest BCUT2D eigenvalue weighted by atomic mass is 35.5. The maximum Gasteiger partial charge on any atom is 0.124 e. The van der Waals surface area contributed by atoms with Crippen LogP contribution in [0.2, 0.25) is 5.02 Å². The van der Waals surface area contributed by atoms with Gasteiger partial charge in [-0.15, -0.1) is 0 Å². The Balaban J connectivity index is 2.07. The van der Waals surface area contributed by atoms with Gasteiger partial charge in [0.1, 0.15) is 5.84 Å². The van der Waals surface area contributed by atoms with Gasteiger partial charge >= 0.3 is 0 Å². The van der Waals surface area contributed by atoms with Gasteiger partial charge in [0.2, 0.25) is 0 Å². The fourth-order valence-corrected chi connectivity index (χ4v) is 3.18. The molecule has 1 aliphatic heterocycles. The van der Waals surface area contributed by atoms with Crippen molar-refractivity contribution in [1.29, 1.82) is 5.41 Å². The fraction of sp³-hybridized carbons (Fsp3) is 0.533. The number of hydrogen-bond donors (Lipinski definition) is 2. The summed E-state index contributed by atoms with van der Waals surface area (Å²) in [6.07, 6.45) is 2.55. The monoisotopic (exact) mass is 294 g/mol. The van der Waals surface area contributed by atoms with Gasteiger partial charge in [0, 0.05) is 30.9 Å². The third-order valence-electron chi connectivity index (χ3n) is 4.07. The standard InChI is InChI=1S/C15H23ClN4/c1-3-20-8-4-5-12(20)10-19(2)11-6-7-13(15(17)18)14(16)9-11/h6-7,9,12H,3-5,8,10H2,1-2H3,(H3,17,18). The molecular weight excluding hydrogens is 272 g/mol. The number of likely N-dealkylation sites (tertiary alicyclic amines) is 1. The Morgan fingerprint density at radius 3 is 2.90 bits per heavy atom. The van der Waals surface area contributed by atoms with Gasteiger partial charge in [-0.05, 0) is 44.1 Å². The first-order valence-electron chi connectivity index (χ1n) is 7.12. The van der Waals surface area contributed by atoms with Crippen LogP contribution in [-0.2, 0) is 0 Å². The second-order valence-electron chi connectivity index (χ2n) is 5.38. The summed E-state index contributed by atoms with van der Waals surface area (Å²) < 4.78 is 0. The van der Waals surface area contributed by atoms with Gasteiger partial charge in [0.05, 0.1) is 5.02 Å². The maximum absolute atomic E-state index is 7.46. The smallest absolute Gasteiger partial charge is 0.124 e. The number of nitrogens with two attached hydrogens (primary N) is 1. The number of hydrogen-bond acceptors (Lipinski definition) is 3. The van der Waals surface area contributed by atoms with Gasteiger partial charge in [-0.1, -0.05) is 18.5 Å². The molecule has 0 aromatic heterocycles. The summed E-state index contributed by atoms with van der Waals surface area (Å²) in [6, 6.07) is 6.32. The molecule has 1 aromatic rings. The first-order valence-corrected chi connectivity index (χ1v) is 7.49. The molecule has 1 aliphatic rings. The van der Waals surface area contributed by atoms with Crippen molar-refractivity contribution < 1.29 is 0 Å². The Morgan fingerprint density at radius 1 is 1.55 bits per heavy atom. The van der Waals surface area contributed by atoms with Crippen LogP contribution >= 0.6 is 11.6 Å². The molecule has 0 amide bonds. The molecule has 2 rings (SSSR count). The number of likely N-dealkylation sites (N-methyl/N-ethyl adjacent to an activating group) is 2. The van der Waals surface area contributed by atoms with E-state index in [2.05, 4.69) is 23.8 Å². The second kappa shape index (κ2) is 6.46. The largest absolute Gasteiger partial charge is 0.384 e. The first-order chi connectivity index (χ1) is 9.52. The van der Waals surface area contributed by atoms with Crippen molar-refractivity contribution in [2.24, 2.45) is 5.73 Å². The van der Waals surface area contributed by atoms with E-state index in [9.17, 15) is 0 Å². The minimum Gasteiger partial charge on any atom is -0.384 e. The summed E-state index contributed by atoms with van der Waals surface area (Å²) in [5.41, 5.74) is 7.16. The SMILES string of the molecule is CCN1CCCC1CN(C)c1ccc(C(=N)N)c(Cl)c1. The molecule has 110 valence electrons. The van der Waals surface area contributed by atoms with Crippen molar-refractivity contribution in [3.05, 3.63) is 28.8 Å². The van der Waals surface area contributed by atoms with E-state index < -0.39 is 0 Å². The average Bonchev–Trinajstić information content (AvgIpc) is 2.85. The van der Waals surface area contributed by atoms with Crippen LogP contribution in [0, 0.1) is 5.41 Å². The Kier molecular flexibility index (Phi) is 4.89. The quantitative estimate of drug-likeness (QED) is 0.648. The van der Waals surface area contributed by atoms with Crippen LogP contribution in [0.15, 0.2) is 18.2 Å². The minimum atomic E-state index is 0.0113. The molecule has 1 aromatic carbocycles. The molecule has 0 aliphatic carbocycles. The van der Waals surface area contributed by atoms with Crippen LogP contribution in [0.4, 0.5) is 5.69 Å². The van der Waals surface area contributed by atoms with Gasteiger partial charge in [-0.2, -0.15) is 0 Å². The van der Waals surface area contributed by atoms with Crippen molar-refractivity contribution in [3.8, 4) is 0 Å². The molecule has 1 fully saturated rings. The molecule has 3 N–H and O–H groups in total. The zero-order valence-electron chi connectivity index (χ0n) is 12.2. The van der Waals surface area contributed by atoms with E-state index in [4.69, 9.17) is 22.7 Å². The molecule has 5 heteroatoms. The lowest BCUT2D eigenvalue weighted by atomic mass is 10.1. The molecule has 4 nitrogen and oxygen atoms in total. The normalized spacial score (nSPS) is 19.2. The highest BCUT2D eigenvalue weighted by Crippen LogP contribution is 2.25. The van der Waals surface area contributed by atoms with Gasteiger partial charge < -0.3 is 10.6 Å². The number of nitrogens with one attached hydrogen (secondary N) is 1. The predicted octanol–water partition coefficient (Wildman–Crippen LogP) is 2.54. The molecule has 1 atom stereocenters. The summed E-state index contributed by atoms with van der Waals surface area (Å²) in [6.45, 7) is 5.54. The van der Waals surface area contributed by atoms with Gasteiger partial charge in [0.15, 0.2) is 0 Å². The van der Waals surface area contributed by atoms with Crippen molar-refractivity contribution in [3.63, 3.8) is 0 Å². The molecule has 0 radical (unpaired) electrons. The average molecular weight is 295 g/mol. The molecule has 0 spiro atoms. The van der Waals surface area contributed by atoms with Crippen molar-refractivity contribution in [1.82, 2.24) is 4.90 Å². The molecule has 20 heavy (non-hydrogen) atoms. The Morgan fingerprint density at radius 2 is 2.30 bits per heavy atom. The van der Waals surface area contributed by atoms with Gasteiger partial charge in [0.25, 0.3) is 0 Å². The highest BCUT2D eigenvalue weighted by Gasteiger charge is 2.24. The van der Waals surface area contributed by atoms with E-state index in [0.717, 1.165) is 18.8 Å². The minimum absolute atomic E-state index is 0.0113. The van der Waals surface area contributed by atoms with Gasteiger partial charge in [-0.3, -0.25) is 10.3 Å². The first kappa shape index (κ1) is 15.1. The predicted molar refractivity (Wildman–Crippen MR) is 86.0 cm³/mol. The van der Waals surface area contributed by atoms with Crippen LogP contribution in [0.3, 0.4) is 0 Å². The van der Waals surface area contributed by atoms with Crippen LogP contribution < -0.4 is 10.6 Å². The molecular formula is C15H23ClN4. The number of halogens is 1. The van der Waals surface area contributed by atoms with Crippen LogP contribution in [-0.4, -0.2) is 43.5 Å². The number of anilines is 1. The summed E-state index contributed by atoms with van der Waals surface area (Å²) in [7, 11) is 2.09. The van der Waals surface area contributed by atoms with Crippen molar-refractivity contribution in [2.75, 3.05) is 31.6 Å². The van der Waals surface area contributed by atoms with Crippen LogP contribution in [0.25, 0.3) is 0 Å². The van der Waals surface area contributed by atoms with Crippen molar-refractivity contribution >= 4 is 23.1 Å². The summed E-state index contributed by atoms with van der Waals surface area (Å²) >= 11 is 6.18. The summed E-state index contributed by atoms with van der Waals surface area (Å²) in [5, 5.41) is 8.00. The zero-order chi connectivity index (χ0) is 14.7. The maximum atomic E-state index is 7.46. The molecule has 1 heterocycles. The zero-order valence-corrected chi connectivity index (χ0v) is 13.0. The Hall–Kier alpha value is -1.26. The van der Waals surface area contributed by atoms with Crippen molar-refractivity contribution in [2.45, 2.75) is 25.8 Å². The molecule has 1 unspecified atom stereocenters. The molecule has 0 bridgehead atoms. The lowest BCUT2D eigenvalue weighted by molar-refractivity contribution is 0.270. The van der Waals surface area contributed by atoms with Crippen LogP contribution in [0.1, 0.15) is 25.3 Å². The van der Waals surface area contributed by atoms with Crippen LogP contribution in [0.5, 0.6) is 0 Å². The van der Waals surface area contributed by atoms with E-state index in [1.54, 1.807) is 0 Å². The summed E-state index contributed by atoms with van der Waals surface area (Å²) in [4.78, 5) is 4.76. The van der Waals surface area contributed by atoms with E-state index in [0.29, 0.717) is 16.6 Å². The second-order valence-corrected chi connectivity index (χ2v) is 5.79. The van der Waals surface area contributed by atoms with Gasteiger partial charge in [-0.25, -0.2) is 0 Å². The lowest BCUT2D eigenvalue weighted by Crippen LogP contribution is -2.38. The third-order valence-corrected chi connectivity index (χ3v) is 4.39. The van der Waals surface area contributed by atoms with E-state index >= 15 is 0 Å². The number of amidine groups is 1. The third kappa shape index (κ3) is 3.25. The topological polar surface area (TPSA) is 56.4 Å². The number of nitrogens with zero attached hydrogens (tertiary/aromatic N) is 2. The Bertz CT molecular complexity index is 489.